The predicted molar refractivity (Wildman–Crippen MR) is 259 cm³/mol. The van der Waals surface area contributed by atoms with Crippen LogP contribution in [-0.4, -0.2) is 0 Å². The Labute approximate surface area is 349 Å². The van der Waals surface area contributed by atoms with E-state index in [0.29, 0.717) is 0 Å². The van der Waals surface area contributed by atoms with Crippen LogP contribution >= 0.6 is 0 Å². The van der Waals surface area contributed by atoms with Gasteiger partial charge in [0.15, 0.2) is 0 Å². The van der Waals surface area contributed by atoms with Gasteiger partial charge in [-0.05, 0) is 126 Å². The highest BCUT2D eigenvalue weighted by Gasteiger charge is 2.21. The maximum atomic E-state index is 2.45. The van der Waals surface area contributed by atoms with Gasteiger partial charge < -0.3 is 0 Å². The molecule has 0 radical (unpaired) electrons. The van der Waals surface area contributed by atoms with Crippen LogP contribution in [0.25, 0.3) is 120 Å². The monoisotopic (exact) mass is 758 g/mol. The average Bonchev–Trinajstić information content (AvgIpc) is 3.32. The van der Waals surface area contributed by atoms with Crippen LogP contribution in [0, 0.1) is 0 Å². The Morgan fingerprint density at radius 3 is 1.00 bits per heavy atom. The molecular weight excluding hydrogens is 721 g/mol. The van der Waals surface area contributed by atoms with E-state index in [-0.39, 0.29) is 0 Å². The van der Waals surface area contributed by atoms with Crippen molar-refractivity contribution in [1.29, 1.82) is 0 Å². The molecule has 0 saturated heterocycles. The summed E-state index contributed by atoms with van der Waals surface area (Å²) < 4.78 is 0. The molecule has 0 heteroatoms. The predicted octanol–water partition coefficient (Wildman–Crippen LogP) is 16.9. The Balaban J connectivity index is 1.10. The molecule has 0 amide bonds. The third-order valence-corrected chi connectivity index (χ3v) is 12.6. The van der Waals surface area contributed by atoms with Crippen molar-refractivity contribution < 1.29 is 0 Å². The highest BCUT2D eigenvalue weighted by atomic mass is 14.2. The molecule has 0 N–H and O–H groups in total. The maximum Gasteiger partial charge on any atom is -0.00199 e. The summed E-state index contributed by atoms with van der Waals surface area (Å²) in [5.41, 5.74) is 12.5. The summed E-state index contributed by atoms with van der Waals surface area (Å²) in [6.45, 7) is 0. The summed E-state index contributed by atoms with van der Waals surface area (Å²) >= 11 is 0. The van der Waals surface area contributed by atoms with Gasteiger partial charge in [0.2, 0.25) is 0 Å². The second kappa shape index (κ2) is 13.9. The number of hydrogen-bond acceptors (Lipinski definition) is 0. The maximum absolute atomic E-state index is 2.45. The van der Waals surface area contributed by atoms with Crippen LogP contribution in [0.5, 0.6) is 0 Å². The number of rotatable bonds is 5. The van der Waals surface area contributed by atoms with Gasteiger partial charge >= 0.3 is 0 Å². The summed E-state index contributed by atoms with van der Waals surface area (Å²) in [5, 5.41) is 15.1. The van der Waals surface area contributed by atoms with Gasteiger partial charge in [-0.15, -0.1) is 0 Å². The first kappa shape index (κ1) is 34.3. The van der Waals surface area contributed by atoms with Crippen molar-refractivity contribution in [3.63, 3.8) is 0 Å². The molecular formula is C60H38. The summed E-state index contributed by atoms with van der Waals surface area (Å²) in [6.07, 6.45) is 0. The first-order valence-electron chi connectivity index (χ1n) is 20.8. The molecule has 12 aromatic rings. The number of fused-ring (bicyclic) bond motifs is 6. The van der Waals surface area contributed by atoms with E-state index in [1.54, 1.807) is 0 Å². The molecule has 0 saturated carbocycles. The van der Waals surface area contributed by atoms with E-state index in [9.17, 15) is 0 Å². The molecule has 12 rings (SSSR count). The minimum atomic E-state index is 1.19. The van der Waals surface area contributed by atoms with Gasteiger partial charge in [0.05, 0.1) is 0 Å². The van der Waals surface area contributed by atoms with Gasteiger partial charge in [-0.2, -0.15) is 0 Å². The fourth-order valence-corrected chi connectivity index (χ4v) is 10.0. The first-order valence-corrected chi connectivity index (χ1v) is 20.8. The van der Waals surface area contributed by atoms with E-state index in [4.69, 9.17) is 0 Å². The molecule has 0 bridgehead atoms. The van der Waals surface area contributed by atoms with Crippen LogP contribution in [0.15, 0.2) is 231 Å². The lowest BCUT2D eigenvalue weighted by Gasteiger charge is -2.20. The zero-order valence-electron chi connectivity index (χ0n) is 32.9. The van der Waals surface area contributed by atoms with Crippen molar-refractivity contribution in [1.82, 2.24) is 0 Å². The average molecular weight is 759 g/mol. The van der Waals surface area contributed by atoms with E-state index >= 15 is 0 Å². The Hall–Kier alpha value is -7.80. The summed E-state index contributed by atoms with van der Waals surface area (Å²) in [6, 6.07) is 85.1. The normalized spacial score (nSPS) is 11.7. The smallest absolute Gasteiger partial charge is 0.00199 e. The van der Waals surface area contributed by atoms with E-state index in [1.807, 2.05) is 0 Å². The zero-order valence-corrected chi connectivity index (χ0v) is 32.9. The highest BCUT2D eigenvalue weighted by molar-refractivity contribution is 6.26. The third-order valence-electron chi connectivity index (χ3n) is 12.6. The molecule has 0 aromatic heterocycles. The molecule has 0 fully saturated rings. The largest absolute Gasteiger partial charge is 0.0622 e. The van der Waals surface area contributed by atoms with Gasteiger partial charge in [-0.3, -0.25) is 0 Å². The second-order valence-corrected chi connectivity index (χ2v) is 15.9. The van der Waals surface area contributed by atoms with E-state index < -0.39 is 0 Å². The summed E-state index contributed by atoms with van der Waals surface area (Å²) in [5.74, 6) is 0. The first-order chi connectivity index (χ1) is 29.8. The lowest BCUT2D eigenvalue weighted by molar-refractivity contribution is 1.62. The van der Waals surface area contributed by atoms with Crippen molar-refractivity contribution in [2.45, 2.75) is 0 Å². The second-order valence-electron chi connectivity index (χ2n) is 15.9. The van der Waals surface area contributed by atoms with Crippen molar-refractivity contribution in [3.8, 4) is 55.6 Å². The van der Waals surface area contributed by atoms with Crippen molar-refractivity contribution in [3.05, 3.63) is 231 Å². The van der Waals surface area contributed by atoms with Crippen molar-refractivity contribution in [2.24, 2.45) is 0 Å². The van der Waals surface area contributed by atoms with Gasteiger partial charge in [-0.1, -0.05) is 224 Å². The van der Waals surface area contributed by atoms with Gasteiger partial charge in [0, 0.05) is 0 Å². The zero-order chi connectivity index (χ0) is 39.6. The minimum Gasteiger partial charge on any atom is -0.0622 e. The lowest BCUT2D eigenvalue weighted by atomic mass is 9.82. The summed E-state index contributed by atoms with van der Waals surface area (Å²) in [4.78, 5) is 0. The van der Waals surface area contributed by atoms with Gasteiger partial charge in [0.25, 0.3) is 0 Å². The van der Waals surface area contributed by atoms with E-state index in [1.165, 1.54) is 120 Å². The Kier molecular flexibility index (Phi) is 7.96. The van der Waals surface area contributed by atoms with Crippen LogP contribution in [0.3, 0.4) is 0 Å². The van der Waals surface area contributed by atoms with E-state index in [0.717, 1.165) is 0 Å². The number of hydrogen-bond donors (Lipinski definition) is 0. The molecule has 0 nitrogen and oxygen atoms in total. The highest BCUT2D eigenvalue weighted by Crippen LogP contribution is 2.48. The number of benzene rings is 12. The molecule has 0 unspecified atom stereocenters. The fraction of sp³-hybridized carbons (Fsp3) is 0. The lowest BCUT2D eigenvalue weighted by Crippen LogP contribution is -1.93. The molecule has 0 atom stereocenters. The molecule has 0 spiro atoms. The van der Waals surface area contributed by atoms with Gasteiger partial charge in [-0.25, -0.2) is 0 Å². The fourth-order valence-electron chi connectivity index (χ4n) is 10.0. The summed E-state index contributed by atoms with van der Waals surface area (Å²) in [7, 11) is 0. The molecule has 0 heterocycles. The quantitative estimate of drug-likeness (QED) is 0.153. The van der Waals surface area contributed by atoms with E-state index in [2.05, 4.69) is 231 Å². The standard InChI is InChI=1S/C60H38/c1-2-18-42(19-3-1)57-49-24-8-10-26-51(49)58(52-27-11-9-25-50(52)57)43-34-32-39(33-35-43)44-36-37-55-56(38-44)60(48-31-15-21-41-17-5-7-23-46(41)48)54-29-13-12-28-53(54)59(55)47-30-14-20-40-16-4-6-22-45(40)47/h1-38H. The molecule has 0 aliphatic rings. The van der Waals surface area contributed by atoms with Crippen LogP contribution in [0.4, 0.5) is 0 Å². The minimum absolute atomic E-state index is 1.19. The molecule has 12 aromatic carbocycles. The third kappa shape index (κ3) is 5.39. The Morgan fingerprint density at radius 2 is 0.500 bits per heavy atom. The molecule has 60 heavy (non-hydrogen) atoms. The molecule has 0 aliphatic heterocycles. The topological polar surface area (TPSA) is 0 Å². The van der Waals surface area contributed by atoms with Crippen LogP contribution in [-0.2, 0) is 0 Å². The van der Waals surface area contributed by atoms with Crippen LogP contribution < -0.4 is 0 Å². The Morgan fingerprint density at radius 1 is 0.167 bits per heavy atom. The van der Waals surface area contributed by atoms with Gasteiger partial charge in [0.1, 0.15) is 0 Å². The SMILES string of the molecule is c1ccc(-c2c3ccccc3c(-c3ccc(-c4ccc5c(-c6cccc7ccccc67)c6ccccc6c(-c6cccc7ccccc67)c5c4)cc3)c3ccccc23)cc1. The molecule has 278 valence electrons. The van der Waals surface area contributed by atoms with Crippen molar-refractivity contribution in [2.75, 3.05) is 0 Å². The van der Waals surface area contributed by atoms with Crippen LogP contribution in [0.2, 0.25) is 0 Å². The Bertz CT molecular complexity index is 3560. The van der Waals surface area contributed by atoms with Crippen molar-refractivity contribution >= 4 is 64.6 Å². The molecule has 0 aliphatic carbocycles. The van der Waals surface area contributed by atoms with Crippen LogP contribution in [0.1, 0.15) is 0 Å².